The predicted molar refractivity (Wildman–Crippen MR) is 92.8 cm³/mol. The Kier molecular flexibility index (Phi) is 4.97. The van der Waals surface area contributed by atoms with Crippen LogP contribution in [0.2, 0.25) is 0 Å². The lowest BCUT2D eigenvalue weighted by Crippen LogP contribution is -2.42. The minimum Gasteiger partial charge on any atom is -0.497 e. The smallest absolute Gasteiger partial charge is 0.310 e. The number of ether oxygens (including phenoxy) is 2. The number of amides is 1. The van der Waals surface area contributed by atoms with Crippen LogP contribution in [0.1, 0.15) is 35.9 Å². The third kappa shape index (κ3) is 3.34. The summed E-state index contributed by atoms with van der Waals surface area (Å²) in [5, 5.41) is 0.863. The maximum atomic E-state index is 12.9. The number of piperidine rings is 1. The molecule has 2 aromatic rings. The predicted octanol–water partition coefficient (Wildman–Crippen LogP) is 3.17. The summed E-state index contributed by atoms with van der Waals surface area (Å²) in [6.07, 6.45) is 1.53. The number of aryl methyl sites for hydroxylation is 1. The number of methoxy groups -OCH3 is 1. The third-order valence-electron chi connectivity index (χ3n) is 4.67. The summed E-state index contributed by atoms with van der Waals surface area (Å²) in [6.45, 7) is 5.00. The van der Waals surface area contributed by atoms with E-state index in [0.29, 0.717) is 31.0 Å². The van der Waals surface area contributed by atoms with Gasteiger partial charge in [-0.25, -0.2) is 0 Å². The van der Waals surface area contributed by atoms with Crippen LogP contribution < -0.4 is 4.74 Å². The highest BCUT2D eigenvalue weighted by molar-refractivity contribution is 5.99. The van der Waals surface area contributed by atoms with E-state index < -0.39 is 0 Å². The number of fused-ring (bicyclic) bond motifs is 1. The summed E-state index contributed by atoms with van der Waals surface area (Å²) >= 11 is 0. The molecule has 1 aliphatic rings. The second-order valence-electron chi connectivity index (χ2n) is 6.26. The zero-order chi connectivity index (χ0) is 18.0. The van der Waals surface area contributed by atoms with Crippen molar-refractivity contribution in [2.24, 2.45) is 5.92 Å². The van der Waals surface area contributed by atoms with Gasteiger partial charge in [0.25, 0.3) is 5.91 Å². The normalized spacial score (nSPS) is 17.6. The Labute approximate surface area is 146 Å². The van der Waals surface area contributed by atoms with Crippen LogP contribution in [0.4, 0.5) is 0 Å². The van der Waals surface area contributed by atoms with E-state index in [0.717, 1.165) is 29.5 Å². The van der Waals surface area contributed by atoms with Gasteiger partial charge >= 0.3 is 5.97 Å². The van der Waals surface area contributed by atoms with E-state index in [4.69, 9.17) is 13.9 Å². The van der Waals surface area contributed by atoms with Gasteiger partial charge in [-0.05, 0) is 44.9 Å². The average Bonchev–Trinajstić information content (AvgIpc) is 2.97. The third-order valence-corrected chi connectivity index (χ3v) is 4.67. The lowest BCUT2D eigenvalue weighted by atomic mass is 9.98. The largest absolute Gasteiger partial charge is 0.497 e. The highest BCUT2D eigenvalue weighted by Crippen LogP contribution is 2.30. The van der Waals surface area contributed by atoms with Gasteiger partial charge in [-0.15, -0.1) is 0 Å². The molecular weight excluding hydrogens is 322 g/mol. The zero-order valence-corrected chi connectivity index (χ0v) is 14.8. The van der Waals surface area contributed by atoms with E-state index in [1.807, 2.05) is 13.0 Å². The molecular formula is C19H23NO5. The van der Waals surface area contributed by atoms with Crippen molar-refractivity contribution < 1.29 is 23.5 Å². The van der Waals surface area contributed by atoms with E-state index in [-0.39, 0.29) is 17.8 Å². The Morgan fingerprint density at radius 3 is 2.88 bits per heavy atom. The number of nitrogens with zero attached hydrogens (tertiary/aromatic N) is 1. The Morgan fingerprint density at radius 1 is 1.36 bits per heavy atom. The maximum absolute atomic E-state index is 12.9. The molecule has 134 valence electrons. The molecule has 1 fully saturated rings. The maximum Gasteiger partial charge on any atom is 0.310 e. The highest BCUT2D eigenvalue weighted by atomic mass is 16.5. The van der Waals surface area contributed by atoms with E-state index in [2.05, 4.69) is 0 Å². The summed E-state index contributed by atoms with van der Waals surface area (Å²) in [6, 6.07) is 5.47. The molecule has 6 heteroatoms. The minimum atomic E-state index is -0.262. The molecule has 1 atom stereocenters. The van der Waals surface area contributed by atoms with Gasteiger partial charge in [0.05, 0.1) is 19.6 Å². The van der Waals surface area contributed by atoms with Crippen molar-refractivity contribution in [1.29, 1.82) is 0 Å². The second-order valence-corrected chi connectivity index (χ2v) is 6.26. The molecule has 0 saturated carbocycles. The monoisotopic (exact) mass is 345 g/mol. The lowest BCUT2D eigenvalue weighted by Gasteiger charge is -2.31. The van der Waals surface area contributed by atoms with E-state index in [1.54, 1.807) is 31.1 Å². The molecule has 2 heterocycles. The van der Waals surface area contributed by atoms with Crippen LogP contribution in [-0.4, -0.2) is 43.6 Å². The van der Waals surface area contributed by atoms with Crippen LogP contribution in [0.25, 0.3) is 11.0 Å². The highest BCUT2D eigenvalue weighted by Gasteiger charge is 2.32. The minimum absolute atomic E-state index is 0.179. The standard InChI is InChI=1S/C19H23NO5/c1-4-24-19(22)13-6-5-9-20(11-13)18(21)17-12(2)15-10-14(23-3)7-8-16(15)25-17/h7-8,10,13H,4-6,9,11H2,1-3H3/t13-/m0/s1. The molecule has 25 heavy (non-hydrogen) atoms. The number of carbonyl (C=O) groups is 2. The van der Waals surface area contributed by atoms with Crippen LogP contribution in [0, 0.1) is 12.8 Å². The molecule has 1 aromatic carbocycles. The number of hydrogen-bond donors (Lipinski definition) is 0. The summed E-state index contributed by atoms with van der Waals surface area (Å²) < 4.78 is 16.1. The number of benzene rings is 1. The fraction of sp³-hybridized carbons (Fsp3) is 0.474. The van der Waals surface area contributed by atoms with Gasteiger partial charge in [0.2, 0.25) is 0 Å². The zero-order valence-electron chi connectivity index (χ0n) is 14.8. The van der Waals surface area contributed by atoms with Crippen LogP contribution in [0.3, 0.4) is 0 Å². The number of esters is 1. The molecule has 0 spiro atoms. The summed E-state index contributed by atoms with van der Waals surface area (Å²) in [7, 11) is 1.60. The average molecular weight is 345 g/mol. The Bertz CT molecular complexity index is 794. The topological polar surface area (TPSA) is 69.0 Å². The molecule has 1 aliphatic heterocycles. The van der Waals surface area contributed by atoms with Gasteiger partial charge in [-0.1, -0.05) is 0 Å². The van der Waals surface area contributed by atoms with E-state index in [9.17, 15) is 9.59 Å². The Morgan fingerprint density at radius 2 is 2.16 bits per heavy atom. The fourth-order valence-electron chi connectivity index (χ4n) is 3.29. The quantitative estimate of drug-likeness (QED) is 0.796. The van der Waals surface area contributed by atoms with Gasteiger partial charge < -0.3 is 18.8 Å². The van der Waals surface area contributed by atoms with Crippen molar-refractivity contribution >= 4 is 22.8 Å². The first-order valence-electron chi connectivity index (χ1n) is 8.58. The van der Waals surface area contributed by atoms with Gasteiger partial charge in [-0.2, -0.15) is 0 Å². The van der Waals surface area contributed by atoms with Crippen molar-refractivity contribution in [2.45, 2.75) is 26.7 Å². The first-order valence-corrected chi connectivity index (χ1v) is 8.58. The van der Waals surface area contributed by atoms with Gasteiger partial charge in [0, 0.05) is 24.0 Å². The first kappa shape index (κ1) is 17.3. The van der Waals surface area contributed by atoms with Crippen LogP contribution in [0.5, 0.6) is 5.75 Å². The number of furan rings is 1. The molecule has 6 nitrogen and oxygen atoms in total. The second kappa shape index (κ2) is 7.17. The number of carbonyl (C=O) groups excluding carboxylic acids is 2. The fourth-order valence-corrected chi connectivity index (χ4v) is 3.29. The molecule has 0 bridgehead atoms. The number of likely N-dealkylation sites (tertiary alicyclic amines) is 1. The molecule has 0 aliphatic carbocycles. The molecule has 1 amide bonds. The Balaban J connectivity index is 1.84. The van der Waals surface area contributed by atoms with Gasteiger partial charge in [0.15, 0.2) is 5.76 Å². The van der Waals surface area contributed by atoms with Crippen LogP contribution >= 0.6 is 0 Å². The molecule has 0 unspecified atom stereocenters. The van der Waals surface area contributed by atoms with Crippen molar-refractivity contribution in [3.05, 3.63) is 29.5 Å². The van der Waals surface area contributed by atoms with Crippen LogP contribution in [-0.2, 0) is 9.53 Å². The first-order chi connectivity index (χ1) is 12.0. The van der Waals surface area contributed by atoms with Gasteiger partial charge in [0.1, 0.15) is 11.3 Å². The van der Waals surface area contributed by atoms with Crippen LogP contribution in [0.15, 0.2) is 22.6 Å². The summed E-state index contributed by atoms with van der Waals surface area (Å²) in [4.78, 5) is 26.6. The summed E-state index contributed by atoms with van der Waals surface area (Å²) in [5.74, 6) is 0.374. The van der Waals surface area contributed by atoms with Crippen molar-refractivity contribution in [3.8, 4) is 5.75 Å². The molecule has 3 rings (SSSR count). The summed E-state index contributed by atoms with van der Waals surface area (Å²) in [5.41, 5.74) is 1.44. The van der Waals surface area contributed by atoms with E-state index in [1.165, 1.54) is 0 Å². The molecule has 1 aromatic heterocycles. The van der Waals surface area contributed by atoms with Gasteiger partial charge in [-0.3, -0.25) is 9.59 Å². The molecule has 1 saturated heterocycles. The number of rotatable bonds is 4. The molecule has 0 N–H and O–H groups in total. The number of hydrogen-bond acceptors (Lipinski definition) is 5. The van der Waals surface area contributed by atoms with Crippen molar-refractivity contribution in [2.75, 3.05) is 26.8 Å². The van der Waals surface area contributed by atoms with E-state index >= 15 is 0 Å². The lowest BCUT2D eigenvalue weighted by molar-refractivity contribution is -0.149. The Hall–Kier alpha value is -2.50. The van der Waals surface area contributed by atoms with Crippen molar-refractivity contribution in [1.82, 2.24) is 4.90 Å². The van der Waals surface area contributed by atoms with Crippen molar-refractivity contribution in [3.63, 3.8) is 0 Å². The SMILES string of the molecule is CCOC(=O)[C@H]1CCCN(C(=O)c2oc3ccc(OC)cc3c2C)C1. The molecule has 0 radical (unpaired) electrons.